The third kappa shape index (κ3) is 3.48. The Balaban J connectivity index is 1.79. The van der Waals surface area contributed by atoms with E-state index in [0.717, 1.165) is 36.1 Å². The van der Waals surface area contributed by atoms with Crippen LogP contribution >= 0.6 is 15.9 Å². The van der Waals surface area contributed by atoms with Crippen molar-refractivity contribution in [2.75, 3.05) is 25.0 Å². The van der Waals surface area contributed by atoms with Crippen molar-refractivity contribution in [3.8, 4) is 0 Å². The molecular weight excluding hydrogens is 292 g/mol. The van der Waals surface area contributed by atoms with Gasteiger partial charge in [-0.05, 0) is 53.4 Å². The third-order valence-corrected chi connectivity index (χ3v) is 3.89. The highest BCUT2D eigenvalue weighted by Crippen LogP contribution is 2.23. The van der Waals surface area contributed by atoms with Crippen LogP contribution < -0.4 is 5.32 Å². The number of hydrogen-bond acceptors (Lipinski definition) is 2. The molecule has 98 valence electrons. The van der Waals surface area contributed by atoms with Crippen LogP contribution in [0.25, 0.3) is 0 Å². The maximum atomic E-state index is 11.8. The zero-order valence-corrected chi connectivity index (χ0v) is 12.3. The lowest BCUT2D eigenvalue weighted by Gasteiger charge is -2.15. The molecule has 0 bridgehead atoms. The van der Waals surface area contributed by atoms with Crippen LogP contribution in [0.5, 0.6) is 0 Å². The molecule has 1 heterocycles. The summed E-state index contributed by atoms with van der Waals surface area (Å²) < 4.78 is 1.05. The van der Waals surface area contributed by atoms with Crippen LogP contribution in [0, 0.1) is 6.92 Å². The van der Waals surface area contributed by atoms with E-state index in [1.807, 2.05) is 11.0 Å². The molecule has 1 aromatic rings. The summed E-state index contributed by atoms with van der Waals surface area (Å²) in [6.07, 6.45) is 2.88. The number of aryl methyl sites for hydroxylation is 1. The summed E-state index contributed by atoms with van der Waals surface area (Å²) in [5, 5.41) is 3.30. The van der Waals surface area contributed by atoms with Gasteiger partial charge in [0.2, 0.25) is 5.91 Å². The summed E-state index contributed by atoms with van der Waals surface area (Å²) in [5.74, 6) is 0.267. The molecule has 3 nitrogen and oxygen atoms in total. The van der Waals surface area contributed by atoms with Crippen LogP contribution in [0.4, 0.5) is 5.69 Å². The Kier molecular flexibility index (Phi) is 4.64. The Morgan fingerprint density at radius 1 is 1.39 bits per heavy atom. The van der Waals surface area contributed by atoms with Crippen LogP contribution in [0.2, 0.25) is 0 Å². The Morgan fingerprint density at radius 2 is 2.11 bits per heavy atom. The number of amides is 1. The van der Waals surface area contributed by atoms with Crippen LogP contribution in [0.1, 0.15) is 24.8 Å². The van der Waals surface area contributed by atoms with E-state index in [-0.39, 0.29) is 5.91 Å². The van der Waals surface area contributed by atoms with Crippen molar-refractivity contribution in [2.45, 2.75) is 26.2 Å². The monoisotopic (exact) mass is 310 g/mol. The fraction of sp³-hybridized carbons (Fsp3) is 0.500. The lowest BCUT2D eigenvalue weighted by atomic mass is 10.2. The summed E-state index contributed by atoms with van der Waals surface area (Å²) in [6.45, 7) is 4.63. The number of hydrogen-bond donors (Lipinski definition) is 1. The molecule has 1 aliphatic heterocycles. The molecule has 1 amide bonds. The average molecular weight is 311 g/mol. The van der Waals surface area contributed by atoms with Gasteiger partial charge in [-0.1, -0.05) is 6.07 Å². The van der Waals surface area contributed by atoms with E-state index in [2.05, 4.69) is 40.3 Å². The molecule has 0 radical (unpaired) electrons. The number of anilines is 1. The van der Waals surface area contributed by atoms with Crippen LogP contribution in [0.3, 0.4) is 0 Å². The van der Waals surface area contributed by atoms with E-state index in [0.29, 0.717) is 13.0 Å². The molecule has 1 fully saturated rings. The van der Waals surface area contributed by atoms with Crippen molar-refractivity contribution in [1.29, 1.82) is 0 Å². The highest BCUT2D eigenvalue weighted by Gasteiger charge is 2.16. The largest absolute Gasteiger partial charge is 0.384 e. The number of nitrogens with zero attached hydrogens (tertiary/aromatic N) is 1. The zero-order chi connectivity index (χ0) is 13.0. The second kappa shape index (κ2) is 6.23. The first-order chi connectivity index (χ1) is 8.66. The minimum atomic E-state index is 0.267. The second-order valence-electron chi connectivity index (χ2n) is 4.75. The van der Waals surface area contributed by atoms with Gasteiger partial charge in [0.05, 0.1) is 0 Å². The van der Waals surface area contributed by atoms with E-state index in [1.165, 1.54) is 5.56 Å². The lowest BCUT2D eigenvalue weighted by molar-refractivity contribution is -0.129. The quantitative estimate of drug-likeness (QED) is 0.926. The minimum absolute atomic E-state index is 0.267. The molecule has 1 saturated heterocycles. The van der Waals surface area contributed by atoms with Crippen molar-refractivity contribution < 1.29 is 4.79 Å². The van der Waals surface area contributed by atoms with E-state index >= 15 is 0 Å². The topological polar surface area (TPSA) is 32.3 Å². The molecule has 1 aromatic carbocycles. The molecule has 0 saturated carbocycles. The van der Waals surface area contributed by atoms with Gasteiger partial charge in [0.25, 0.3) is 0 Å². The second-order valence-corrected chi connectivity index (χ2v) is 5.60. The van der Waals surface area contributed by atoms with Gasteiger partial charge in [-0.3, -0.25) is 4.79 Å². The molecule has 1 aliphatic rings. The summed E-state index contributed by atoms with van der Waals surface area (Å²) in [4.78, 5) is 13.8. The molecule has 4 heteroatoms. The maximum Gasteiger partial charge on any atom is 0.224 e. The van der Waals surface area contributed by atoms with Crippen molar-refractivity contribution in [3.05, 3.63) is 28.2 Å². The van der Waals surface area contributed by atoms with Gasteiger partial charge in [0, 0.05) is 36.2 Å². The van der Waals surface area contributed by atoms with E-state index < -0.39 is 0 Å². The van der Waals surface area contributed by atoms with Gasteiger partial charge in [-0.15, -0.1) is 0 Å². The molecule has 2 rings (SSSR count). The first-order valence-corrected chi connectivity index (χ1v) is 7.24. The van der Waals surface area contributed by atoms with Crippen LogP contribution in [0.15, 0.2) is 22.7 Å². The predicted octanol–water partition coefficient (Wildman–Crippen LogP) is 3.18. The number of likely N-dealkylation sites (tertiary alicyclic amines) is 1. The van der Waals surface area contributed by atoms with Gasteiger partial charge >= 0.3 is 0 Å². The van der Waals surface area contributed by atoms with Crippen molar-refractivity contribution in [2.24, 2.45) is 0 Å². The Bertz CT molecular complexity index is 428. The number of halogens is 1. The van der Waals surface area contributed by atoms with E-state index in [1.54, 1.807) is 0 Å². The predicted molar refractivity (Wildman–Crippen MR) is 77.8 cm³/mol. The lowest BCUT2D eigenvalue weighted by Crippen LogP contribution is -2.29. The van der Waals surface area contributed by atoms with Crippen LogP contribution in [-0.4, -0.2) is 30.4 Å². The third-order valence-electron chi connectivity index (χ3n) is 3.24. The molecule has 0 aromatic heterocycles. The number of benzene rings is 1. The molecular formula is C14H19BrN2O. The van der Waals surface area contributed by atoms with Gasteiger partial charge in [0.15, 0.2) is 0 Å². The molecule has 0 unspecified atom stereocenters. The smallest absolute Gasteiger partial charge is 0.224 e. The van der Waals surface area contributed by atoms with Crippen molar-refractivity contribution >= 4 is 27.5 Å². The number of nitrogens with one attached hydrogen (secondary N) is 1. The summed E-state index contributed by atoms with van der Waals surface area (Å²) in [5.41, 5.74) is 2.27. The molecule has 0 atom stereocenters. The molecule has 18 heavy (non-hydrogen) atoms. The normalized spacial score (nSPS) is 14.9. The van der Waals surface area contributed by atoms with Gasteiger partial charge in [0.1, 0.15) is 0 Å². The molecule has 1 N–H and O–H groups in total. The van der Waals surface area contributed by atoms with Crippen LogP contribution in [-0.2, 0) is 4.79 Å². The number of carbonyl (C=O) groups is 1. The van der Waals surface area contributed by atoms with E-state index in [9.17, 15) is 4.79 Å². The molecule has 0 spiro atoms. The van der Waals surface area contributed by atoms with Crippen molar-refractivity contribution in [1.82, 2.24) is 4.90 Å². The Morgan fingerprint density at radius 3 is 2.78 bits per heavy atom. The summed E-state index contributed by atoms with van der Waals surface area (Å²) >= 11 is 3.52. The fourth-order valence-corrected chi connectivity index (χ4v) is 2.83. The highest BCUT2D eigenvalue weighted by molar-refractivity contribution is 9.10. The zero-order valence-electron chi connectivity index (χ0n) is 10.7. The standard InChI is InChI=1S/C14H19BrN2O/c1-11-4-5-13(12(15)10-11)16-7-6-14(18)17-8-2-3-9-17/h4-5,10,16H,2-3,6-9H2,1H3. The SMILES string of the molecule is Cc1ccc(NCCC(=O)N2CCCC2)c(Br)c1. The maximum absolute atomic E-state index is 11.8. The van der Waals surface area contributed by atoms with Gasteiger partial charge in [-0.25, -0.2) is 0 Å². The fourth-order valence-electron chi connectivity index (χ4n) is 2.19. The number of carbonyl (C=O) groups excluding carboxylic acids is 1. The summed E-state index contributed by atoms with van der Waals surface area (Å²) in [7, 11) is 0. The first kappa shape index (κ1) is 13.4. The number of rotatable bonds is 4. The summed E-state index contributed by atoms with van der Waals surface area (Å²) in [6, 6.07) is 6.18. The van der Waals surface area contributed by atoms with Gasteiger partial charge in [-0.2, -0.15) is 0 Å². The molecule has 0 aliphatic carbocycles. The van der Waals surface area contributed by atoms with Gasteiger partial charge < -0.3 is 10.2 Å². The minimum Gasteiger partial charge on any atom is -0.384 e. The van der Waals surface area contributed by atoms with Crippen molar-refractivity contribution in [3.63, 3.8) is 0 Å². The Hall–Kier alpha value is -1.03. The average Bonchev–Trinajstić information content (AvgIpc) is 2.85. The highest BCUT2D eigenvalue weighted by atomic mass is 79.9. The first-order valence-electron chi connectivity index (χ1n) is 6.44. The Labute approximate surface area is 117 Å². The van der Waals surface area contributed by atoms with E-state index in [4.69, 9.17) is 0 Å².